The Balaban J connectivity index is 1.76. The van der Waals surface area contributed by atoms with Crippen LogP contribution < -0.4 is 14.8 Å². The fourth-order valence-corrected chi connectivity index (χ4v) is 3.53. The first-order chi connectivity index (χ1) is 17.5. The molecule has 0 amide bonds. The lowest BCUT2D eigenvalue weighted by Gasteiger charge is -2.09. The number of aliphatic hydroxyl groups excluding tert-OH is 2. The molecule has 2 rings (SSSR count). The minimum Gasteiger partial charge on any atom is -0.507 e. The zero-order valence-corrected chi connectivity index (χ0v) is 21.7. The Morgan fingerprint density at radius 2 is 1.50 bits per heavy atom. The van der Waals surface area contributed by atoms with Gasteiger partial charge in [0, 0.05) is 36.6 Å². The highest BCUT2D eigenvalue weighted by molar-refractivity contribution is 6.03. The van der Waals surface area contributed by atoms with E-state index in [2.05, 4.69) is 12.2 Å². The summed E-state index contributed by atoms with van der Waals surface area (Å²) in [4.78, 5) is 12.1. The number of hydrogen-bond acceptors (Lipinski definition) is 6. The molecule has 0 aliphatic carbocycles. The van der Waals surface area contributed by atoms with Gasteiger partial charge in [0.15, 0.2) is 5.78 Å². The zero-order valence-electron chi connectivity index (χ0n) is 21.7. The van der Waals surface area contributed by atoms with Crippen molar-refractivity contribution in [3.8, 4) is 11.5 Å². The number of ketones is 1. The van der Waals surface area contributed by atoms with Crippen molar-refractivity contribution in [2.45, 2.75) is 65.4 Å². The van der Waals surface area contributed by atoms with Crippen LogP contribution in [0, 0.1) is 0 Å². The largest absolute Gasteiger partial charge is 0.507 e. The maximum absolute atomic E-state index is 12.1. The van der Waals surface area contributed by atoms with Gasteiger partial charge in [-0.25, -0.2) is 0 Å². The fraction of sp³-hybridized carbons (Fsp3) is 0.433. The van der Waals surface area contributed by atoms with Gasteiger partial charge in [-0.05, 0) is 61.7 Å². The van der Waals surface area contributed by atoms with E-state index in [1.165, 1.54) is 44.3 Å². The highest BCUT2D eigenvalue weighted by Crippen LogP contribution is 2.19. The first kappa shape index (κ1) is 29.0. The van der Waals surface area contributed by atoms with E-state index in [0.717, 1.165) is 24.3 Å². The number of hydrogen-bond donors (Lipinski definition) is 3. The van der Waals surface area contributed by atoms with Gasteiger partial charge in [-0.2, -0.15) is 0 Å². The zero-order chi connectivity index (χ0) is 26.0. The molecule has 6 nitrogen and oxygen atoms in total. The summed E-state index contributed by atoms with van der Waals surface area (Å²) >= 11 is 0. The van der Waals surface area contributed by atoms with E-state index in [1.54, 1.807) is 31.2 Å². The van der Waals surface area contributed by atoms with Crippen molar-refractivity contribution in [1.82, 2.24) is 5.32 Å². The van der Waals surface area contributed by atoms with Crippen LogP contribution in [0.4, 0.5) is 0 Å². The first-order valence-corrected chi connectivity index (χ1v) is 12.9. The van der Waals surface area contributed by atoms with E-state index in [9.17, 15) is 9.90 Å². The number of benzene rings is 2. The smallest absolute Gasteiger partial charge is 0.184 e. The maximum atomic E-state index is 12.1. The molecule has 36 heavy (non-hydrogen) atoms. The third kappa shape index (κ3) is 11.9. The molecule has 0 atom stereocenters. The molecule has 0 aromatic heterocycles. The van der Waals surface area contributed by atoms with Gasteiger partial charge in [0.25, 0.3) is 0 Å². The van der Waals surface area contributed by atoms with Crippen LogP contribution in [0.5, 0.6) is 11.5 Å². The lowest BCUT2D eigenvalue weighted by atomic mass is 10.1. The van der Waals surface area contributed by atoms with Crippen LogP contribution >= 0.6 is 0 Å². The Kier molecular flexibility index (Phi) is 13.9. The molecule has 196 valence electrons. The summed E-state index contributed by atoms with van der Waals surface area (Å²) in [6.45, 7) is 5.84. The molecule has 0 saturated carbocycles. The Labute approximate surface area is 215 Å². The molecule has 0 heterocycles. The van der Waals surface area contributed by atoms with Gasteiger partial charge in [-0.15, -0.1) is 0 Å². The quantitative estimate of drug-likeness (QED) is 0.127. The molecule has 0 unspecified atom stereocenters. The van der Waals surface area contributed by atoms with Gasteiger partial charge in [0.05, 0.1) is 6.61 Å². The van der Waals surface area contributed by atoms with Crippen LogP contribution in [-0.2, 0) is 11.4 Å². The molecule has 0 aliphatic heterocycles. The molecule has 0 spiro atoms. The van der Waals surface area contributed by atoms with Crippen molar-refractivity contribution >= 4 is 11.5 Å². The second-order valence-electron chi connectivity index (χ2n) is 8.84. The number of aliphatic hydroxyl groups is 2. The van der Waals surface area contributed by atoms with E-state index in [-0.39, 0.29) is 18.1 Å². The number of nitrogens with one attached hydrogen (secondary N) is 1. The molecule has 0 radical (unpaired) electrons. The van der Waals surface area contributed by atoms with Crippen LogP contribution in [0.3, 0.4) is 0 Å². The highest BCUT2D eigenvalue weighted by Gasteiger charge is 2.04. The number of allylic oxidation sites excluding steroid dienone is 3. The molecule has 0 fully saturated rings. The van der Waals surface area contributed by atoms with E-state index in [4.69, 9.17) is 14.6 Å². The summed E-state index contributed by atoms with van der Waals surface area (Å²) in [5.41, 5.74) is 2.24. The summed E-state index contributed by atoms with van der Waals surface area (Å²) in [7, 11) is 0. The molecule has 2 aromatic carbocycles. The molecule has 0 aliphatic rings. The predicted octanol–water partition coefficient (Wildman–Crippen LogP) is 6.35. The van der Waals surface area contributed by atoms with Gasteiger partial charge < -0.3 is 25.0 Å². The van der Waals surface area contributed by atoms with Crippen molar-refractivity contribution in [3.63, 3.8) is 0 Å². The number of ether oxygens (including phenoxy) is 2. The van der Waals surface area contributed by atoms with Crippen molar-refractivity contribution in [2.24, 2.45) is 0 Å². The summed E-state index contributed by atoms with van der Waals surface area (Å²) in [6.07, 6.45) is 10.7. The van der Waals surface area contributed by atoms with Crippen LogP contribution in [-0.4, -0.2) is 35.8 Å². The summed E-state index contributed by atoms with van der Waals surface area (Å²) < 4.78 is 11.7. The van der Waals surface area contributed by atoms with E-state index in [1.807, 2.05) is 24.3 Å². The summed E-state index contributed by atoms with van der Waals surface area (Å²) in [5.74, 6) is 1.12. The second kappa shape index (κ2) is 17.2. The Bertz CT molecular complexity index is 948. The first-order valence-electron chi connectivity index (χ1n) is 12.9. The third-order valence-corrected chi connectivity index (χ3v) is 5.62. The number of carbonyl (C=O) groups excluding carboxylic acids is 1. The van der Waals surface area contributed by atoms with E-state index < -0.39 is 0 Å². The van der Waals surface area contributed by atoms with E-state index in [0.29, 0.717) is 36.6 Å². The van der Waals surface area contributed by atoms with Gasteiger partial charge in [0.1, 0.15) is 23.9 Å². The third-order valence-electron chi connectivity index (χ3n) is 5.62. The Hall–Kier alpha value is -3.25. The monoisotopic (exact) mass is 495 g/mol. The molecule has 6 heteroatoms. The highest BCUT2D eigenvalue weighted by atomic mass is 16.5. The standard InChI is InChI=1S/C30H41NO5/c1-3-4-5-6-7-8-20-35-28-14-10-25(11-15-28)23-36-29-16-12-26(13-17-29)30(34)22-27(33)21-24(2)31-18-9-19-32/h10-17,21-22,31-32,34H,3-9,18-20,23H2,1-2H3/b24-21+,30-22-. The minimum absolute atomic E-state index is 0.0925. The normalized spacial score (nSPS) is 11.9. The van der Waals surface area contributed by atoms with Crippen LogP contribution in [0.25, 0.3) is 5.76 Å². The summed E-state index contributed by atoms with van der Waals surface area (Å²) in [5, 5.41) is 22.1. The molecule has 3 N–H and O–H groups in total. The lowest BCUT2D eigenvalue weighted by molar-refractivity contribution is -0.110. The maximum Gasteiger partial charge on any atom is 0.184 e. The van der Waals surface area contributed by atoms with Gasteiger partial charge in [-0.3, -0.25) is 4.79 Å². The average molecular weight is 496 g/mol. The number of carbonyl (C=O) groups is 1. The SMILES string of the molecule is CCCCCCCCOc1ccc(COc2ccc(/C(O)=C/C(=O)/C=C(\C)NCCCO)cc2)cc1. The van der Waals surface area contributed by atoms with Gasteiger partial charge >= 0.3 is 0 Å². The van der Waals surface area contributed by atoms with Crippen molar-refractivity contribution in [2.75, 3.05) is 19.8 Å². The minimum atomic E-state index is -0.318. The average Bonchev–Trinajstić information content (AvgIpc) is 2.88. The van der Waals surface area contributed by atoms with Crippen molar-refractivity contribution in [1.29, 1.82) is 0 Å². The van der Waals surface area contributed by atoms with Crippen LogP contribution in [0.1, 0.15) is 69.9 Å². The van der Waals surface area contributed by atoms with Crippen molar-refractivity contribution in [3.05, 3.63) is 77.5 Å². The van der Waals surface area contributed by atoms with Gasteiger partial charge in [0.2, 0.25) is 0 Å². The topological polar surface area (TPSA) is 88.0 Å². The predicted molar refractivity (Wildman–Crippen MR) is 145 cm³/mol. The van der Waals surface area contributed by atoms with Gasteiger partial charge in [-0.1, -0.05) is 51.2 Å². The summed E-state index contributed by atoms with van der Waals surface area (Å²) in [6, 6.07) is 14.9. The molecular weight excluding hydrogens is 454 g/mol. The van der Waals surface area contributed by atoms with Crippen LogP contribution in [0.15, 0.2) is 66.4 Å². The molecule has 0 saturated heterocycles. The number of unbranched alkanes of at least 4 members (excludes halogenated alkanes) is 5. The van der Waals surface area contributed by atoms with Crippen molar-refractivity contribution < 1.29 is 24.5 Å². The molecular formula is C30H41NO5. The van der Waals surface area contributed by atoms with Crippen LogP contribution in [0.2, 0.25) is 0 Å². The Morgan fingerprint density at radius 3 is 2.19 bits per heavy atom. The number of rotatable bonds is 18. The second-order valence-corrected chi connectivity index (χ2v) is 8.84. The molecule has 2 aromatic rings. The fourth-order valence-electron chi connectivity index (χ4n) is 3.53. The lowest BCUT2D eigenvalue weighted by Crippen LogP contribution is -2.14. The van der Waals surface area contributed by atoms with E-state index >= 15 is 0 Å². The Morgan fingerprint density at radius 1 is 0.861 bits per heavy atom. The molecule has 0 bridgehead atoms.